The van der Waals surface area contributed by atoms with E-state index in [9.17, 15) is 19.8 Å². The second-order valence-electron chi connectivity index (χ2n) is 6.92. The zero-order valence-corrected chi connectivity index (χ0v) is 16.9. The highest BCUT2D eigenvalue weighted by Crippen LogP contribution is 2.28. The van der Waals surface area contributed by atoms with Crippen molar-refractivity contribution in [1.29, 1.82) is 0 Å². The Bertz CT molecular complexity index is 903. The van der Waals surface area contributed by atoms with Crippen molar-refractivity contribution in [3.8, 4) is 0 Å². The van der Waals surface area contributed by atoms with Gasteiger partial charge in [-0.1, -0.05) is 0 Å². The molecule has 2 N–H and O–H groups in total. The van der Waals surface area contributed by atoms with Crippen molar-refractivity contribution in [3.05, 3.63) is 57.6 Å². The predicted molar refractivity (Wildman–Crippen MR) is 111 cm³/mol. The summed E-state index contributed by atoms with van der Waals surface area (Å²) < 4.78 is 0. The van der Waals surface area contributed by atoms with Crippen molar-refractivity contribution in [2.75, 3.05) is 0 Å². The minimum Gasteiger partial charge on any atom is -0.478 e. The molecule has 0 aliphatic rings. The fraction of sp³-hybridized carbons (Fsp3) is 0.273. The van der Waals surface area contributed by atoms with Crippen LogP contribution in [-0.2, 0) is 0 Å². The fourth-order valence-corrected chi connectivity index (χ4v) is 3.01. The molecule has 6 heteroatoms. The van der Waals surface area contributed by atoms with Crippen molar-refractivity contribution < 1.29 is 19.8 Å². The lowest BCUT2D eigenvalue weighted by Gasteiger charge is -2.10. The number of hydrogen-bond donors (Lipinski definition) is 2. The van der Waals surface area contributed by atoms with Gasteiger partial charge in [0, 0.05) is 0 Å². The SMILES string of the molecule is CC(=N\c1c(C)cc(C(=O)O)cc1C)/C(C)=N/c1c(C)cc(C(=O)O)cc1C. The molecule has 0 atom stereocenters. The molecule has 0 bridgehead atoms. The van der Waals surface area contributed by atoms with E-state index in [4.69, 9.17) is 0 Å². The molecule has 2 aromatic rings. The lowest BCUT2D eigenvalue weighted by molar-refractivity contribution is 0.0686. The van der Waals surface area contributed by atoms with Crippen LogP contribution in [0.1, 0.15) is 56.8 Å². The summed E-state index contributed by atoms with van der Waals surface area (Å²) in [6, 6.07) is 6.42. The van der Waals surface area contributed by atoms with Crippen LogP contribution < -0.4 is 0 Å². The van der Waals surface area contributed by atoms with Crippen LogP contribution in [0, 0.1) is 27.7 Å². The Morgan fingerprint density at radius 2 is 0.893 bits per heavy atom. The number of carboxylic acids is 2. The highest BCUT2D eigenvalue weighted by molar-refractivity contribution is 6.41. The third-order valence-corrected chi connectivity index (χ3v) is 4.56. The van der Waals surface area contributed by atoms with Crippen LogP contribution in [0.2, 0.25) is 0 Å². The Hall–Kier alpha value is -3.28. The van der Waals surface area contributed by atoms with E-state index >= 15 is 0 Å². The standard InChI is InChI=1S/C22H24N2O4/c1-11-7-17(21(25)26)8-12(2)19(11)23-15(5)16(6)24-20-13(3)9-18(22(27)28)10-14(20)4/h7-10H,1-6H3,(H,25,26)(H,27,28)/b23-15+,24-16+. The van der Waals surface area contributed by atoms with Crippen molar-refractivity contribution in [3.63, 3.8) is 0 Å². The van der Waals surface area contributed by atoms with Gasteiger partial charge in [0.2, 0.25) is 0 Å². The Labute approximate surface area is 164 Å². The monoisotopic (exact) mass is 380 g/mol. The van der Waals surface area contributed by atoms with E-state index in [1.54, 1.807) is 24.3 Å². The van der Waals surface area contributed by atoms with Crippen molar-refractivity contribution in [2.45, 2.75) is 41.5 Å². The van der Waals surface area contributed by atoms with E-state index < -0.39 is 11.9 Å². The Kier molecular flexibility index (Phi) is 6.13. The molecule has 0 aliphatic carbocycles. The number of benzene rings is 2. The highest BCUT2D eigenvalue weighted by Gasteiger charge is 2.12. The molecule has 0 fully saturated rings. The Balaban J connectivity index is 2.46. The number of carboxylic acid groups (broad SMARTS) is 2. The number of aromatic carboxylic acids is 2. The molecular weight excluding hydrogens is 356 g/mol. The minimum atomic E-state index is -0.966. The van der Waals surface area contributed by atoms with Gasteiger partial charge >= 0.3 is 11.9 Å². The molecule has 2 rings (SSSR count). The molecule has 146 valence electrons. The molecule has 0 amide bonds. The Morgan fingerprint density at radius 3 is 1.11 bits per heavy atom. The van der Waals surface area contributed by atoms with Gasteiger partial charge in [-0.25, -0.2) is 9.59 Å². The molecule has 0 saturated heterocycles. The number of carbonyl (C=O) groups is 2. The van der Waals surface area contributed by atoms with Crippen molar-refractivity contribution in [2.24, 2.45) is 9.98 Å². The lowest BCUT2D eigenvalue weighted by Crippen LogP contribution is -2.06. The van der Waals surface area contributed by atoms with E-state index in [0.717, 1.165) is 33.6 Å². The maximum absolute atomic E-state index is 11.2. The zero-order chi connectivity index (χ0) is 21.2. The van der Waals surface area contributed by atoms with Crippen LogP contribution >= 0.6 is 0 Å². The number of aliphatic imine (C=N–C) groups is 2. The van der Waals surface area contributed by atoms with Gasteiger partial charge < -0.3 is 10.2 Å². The molecule has 0 unspecified atom stereocenters. The minimum absolute atomic E-state index is 0.238. The van der Waals surface area contributed by atoms with Gasteiger partial charge in [0.1, 0.15) is 0 Å². The number of aryl methyl sites for hydroxylation is 4. The molecule has 6 nitrogen and oxygen atoms in total. The van der Waals surface area contributed by atoms with Crippen LogP contribution in [0.5, 0.6) is 0 Å². The van der Waals surface area contributed by atoms with Crippen LogP contribution in [0.15, 0.2) is 34.3 Å². The van der Waals surface area contributed by atoms with Gasteiger partial charge in [-0.2, -0.15) is 0 Å². The average molecular weight is 380 g/mol. The first-order valence-corrected chi connectivity index (χ1v) is 8.81. The van der Waals surface area contributed by atoms with E-state index in [-0.39, 0.29) is 11.1 Å². The number of nitrogens with zero attached hydrogens (tertiary/aromatic N) is 2. The van der Waals surface area contributed by atoms with Crippen LogP contribution in [-0.4, -0.2) is 33.6 Å². The van der Waals surface area contributed by atoms with Crippen molar-refractivity contribution in [1.82, 2.24) is 0 Å². The highest BCUT2D eigenvalue weighted by atomic mass is 16.4. The smallest absolute Gasteiger partial charge is 0.335 e. The molecule has 0 saturated carbocycles. The van der Waals surface area contributed by atoms with E-state index in [0.29, 0.717) is 11.4 Å². The quantitative estimate of drug-likeness (QED) is 0.696. The summed E-state index contributed by atoms with van der Waals surface area (Å²) in [5, 5.41) is 18.3. The molecule has 0 radical (unpaired) electrons. The first kappa shape index (κ1) is 21.0. The first-order chi connectivity index (χ1) is 13.0. The third kappa shape index (κ3) is 4.52. The molecule has 0 aromatic heterocycles. The van der Waals surface area contributed by atoms with E-state index in [1.807, 2.05) is 41.5 Å². The van der Waals surface area contributed by atoms with Gasteiger partial charge in [-0.3, -0.25) is 9.98 Å². The molecule has 28 heavy (non-hydrogen) atoms. The van der Waals surface area contributed by atoms with Gasteiger partial charge in [-0.15, -0.1) is 0 Å². The molecule has 2 aromatic carbocycles. The third-order valence-electron chi connectivity index (χ3n) is 4.56. The van der Waals surface area contributed by atoms with E-state index in [1.165, 1.54) is 0 Å². The summed E-state index contributed by atoms with van der Waals surface area (Å²) >= 11 is 0. The largest absolute Gasteiger partial charge is 0.478 e. The Morgan fingerprint density at radius 1 is 0.643 bits per heavy atom. The van der Waals surface area contributed by atoms with Crippen LogP contribution in [0.4, 0.5) is 11.4 Å². The van der Waals surface area contributed by atoms with E-state index in [2.05, 4.69) is 9.98 Å². The summed E-state index contributed by atoms with van der Waals surface area (Å²) in [6.07, 6.45) is 0. The summed E-state index contributed by atoms with van der Waals surface area (Å²) in [6.45, 7) is 11.0. The van der Waals surface area contributed by atoms with Crippen molar-refractivity contribution >= 4 is 34.7 Å². The molecule has 0 spiro atoms. The maximum Gasteiger partial charge on any atom is 0.335 e. The van der Waals surface area contributed by atoms with Gasteiger partial charge in [0.05, 0.1) is 33.9 Å². The molecule has 0 heterocycles. The summed E-state index contributed by atoms with van der Waals surface area (Å²) in [5.41, 5.74) is 6.46. The normalized spacial score (nSPS) is 12.2. The van der Waals surface area contributed by atoms with Crippen LogP contribution in [0.3, 0.4) is 0 Å². The number of rotatable bonds is 5. The maximum atomic E-state index is 11.2. The second kappa shape index (κ2) is 8.17. The predicted octanol–water partition coefficient (Wildman–Crippen LogP) is 5.20. The zero-order valence-electron chi connectivity index (χ0n) is 16.9. The van der Waals surface area contributed by atoms with Crippen LogP contribution in [0.25, 0.3) is 0 Å². The lowest BCUT2D eigenvalue weighted by atomic mass is 10.0. The summed E-state index contributed by atoms with van der Waals surface area (Å²) in [4.78, 5) is 31.7. The average Bonchev–Trinajstić information content (AvgIpc) is 2.60. The topological polar surface area (TPSA) is 99.3 Å². The van der Waals surface area contributed by atoms with Gasteiger partial charge in [0.15, 0.2) is 0 Å². The summed E-state index contributed by atoms with van der Waals surface area (Å²) in [5.74, 6) is -1.93. The molecule has 0 aliphatic heterocycles. The summed E-state index contributed by atoms with van der Waals surface area (Å²) in [7, 11) is 0. The second-order valence-corrected chi connectivity index (χ2v) is 6.92. The fourth-order valence-electron chi connectivity index (χ4n) is 3.01. The molecular formula is C22H24N2O4. The number of hydrogen-bond acceptors (Lipinski definition) is 4. The van der Waals surface area contributed by atoms with Gasteiger partial charge in [-0.05, 0) is 88.1 Å². The first-order valence-electron chi connectivity index (χ1n) is 8.81. The van der Waals surface area contributed by atoms with Gasteiger partial charge in [0.25, 0.3) is 0 Å².